The highest BCUT2D eigenvalue weighted by molar-refractivity contribution is 7.84. The lowest BCUT2D eigenvalue weighted by atomic mass is 10.2. The van der Waals surface area contributed by atoms with Crippen LogP contribution in [-0.4, -0.2) is 47.7 Å². The number of hydrogen-bond acceptors (Lipinski definition) is 5. The van der Waals surface area contributed by atoms with Crippen molar-refractivity contribution in [1.82, 2.24) is 10.3 Å². The van der Waals surface area contributed by atoms with Crippen LogP contribution in [0, 0.1) is 0 Å². The molecule has 7 heteroatoms. The molecule has 2 aromatic rings. The van der Waals surface area contributed by atoms with Gasteiger partial charge >= 0.3 is 0 Å². The Bertz CT molecular complexity index is 758. The van der Waals surface area contributed by atoms with Gasteiger partial charge < -0.3 is 15.0 Å². The zero-order valence-corrected chi connectivity index (χ0v) is 14.9. The van der Waals surface area contributed by atoms with E-state index in [1.54, 1.807) is 36.7 Å². The molecule has 132 valence electrons. The summed E-state index contributed by atoms with van der Waals surface area (Å²) in [5.74, 6) is 0.730. The maximum absolute atomic E-state index is 12.3. The van der Waals surface area contributed by atoms with Crippen molar-refractivity contribution in [2.75, 3.05) is 37.5 Å². The standard InChI is InChI=1S/C18H21N3O3S/c1-25(23)16-6-4-14(5-7-16)18(22)20-13-15-3-2-8-19-17(15)21-9-11-24-12-10-21/h2-8H,9-13H2,1H3,(H,20,22). The summed E-state index contributed by atoms with van der Waals surface area (Å²) in [7, 11) is -1.05. The number of amides is 1. The summed E-state index contributed by atoms with van der Waals surface area (Å²) < 4.78 is 16.8. The fraction of sp³-hybridized carbons (Fsp3) is 0.333. The normalized spacial score (nSPS) is 15.6. The first-order valence-corrected chi connectivity index (χ1v) is 9.69. The third-order valence-corrected chi connectivity index (χ3v) is 5.00. The Morgan fingerprint density at radius 1 is 1.24 bits per heavy atom. The van der Waals surface area contributed by atoms with Gasteiger partial charge in [0.2, 0.25) is 0 Å². The maximum Gasteiger partial charge on any atom is 0.251 e. The molecule has 0 bridgehead atoms. The first kappa shape index (κ1) is 17.6. The van der Waals surface area contributed by atoms with E-state index in [1.165, 1.54) is 0 Å². The number of anilines is 1. The molecule has 1 N–H and O–H groups in total. The molecule has 1 aromatic carbocycles. The zero-order valence-electron chi connectivity index (χ0n) is 14.1. The minimum Gasteiger partial charge on any atom is -0.378 e. The van der Waals surface area contributed by atoms with Crippen LogP contribution in [0.3, 0.4) is 0 Å². The third kappa shape index (κ3) is 4.43. The Morgan fingerprint density at radius 3 is 2.64 bits per heavy atom. The van der Waals surface area contributed by atoms with E-state index in [1.807, 2.05) is 12.1 Å². The number of benzene rings is 1. The number of nitrogens with one attached hydrogen (secondary N) is 1. The third-order valence-electron chi connectivity index (χ3n) is 4.07. The van der Waals surface area contributed by atoms with Crippen LogP contribution in [0.1, 0.15) is 15.9 Å². The molecule has 2 heterocycles. The van der Waals surface area contributed by atoms with Crippen LogP contribution in [0.25, 0.3) is 0 Å². The number of carbonyl (C=O) groups is 1. The molecule has 25 heavy (non-hydrogen) atoms. The first-order chi connectivity index (χ1) is 12.1. The first-order valence-electron chi connectivity index (χ1n) is 8.13. The number of nitrogens with zero attached hydrogens (tertiary/aromatic N) is 2. The number of hydrogen-bond donors (Lipinski definition) is 1. The molecular weight excluding hydrogens is 338 g/mol. The minimum atomic E-state index is -1.05. The SMILES string of the molecule is CS(=O)c1ccc(C(=O)NCc2cccnc2N2CCOCC2)cc1. The summed E-state index contributed by atoms with van der Waals surface area (Å²) in [5.41, 5.74) is 1.52. The molecule has 0 saturated carbocycles. The van der Waals surface area contributed by atoms with Gasteiger partial charge in [0.25, 0.3) is 5.91 Å². The number of rotatable bonds is 5. The monoisotopic (exact) mass is 359 g/mol. The molecule has 1 fully saturated rings. The van der Waals surface area contributed by atoms with Crippen molar-refractivity contribution in [2.24, 2.45) is 0 Å². The molecule has 1 aromatic heterocycles. The van der Waals surface area contributed by atoms with Gasteiger partial charge in [0.1, 0.15) is 5.82 Å². The van der Waals surface area contributed by atoms with Crippen LogP contribution < -0.4 is 10.2 Å². The Hall–Kier alpha value is -2.25. The smallest absolute Gasteiger partial charge is 0.251 e. The fourth-order valence-electron chi connectivity index (χ4n) is 2.70. The van der Waals surface area contributed by atoms with Crippen molar-refractivity contribution in [3.05, 3.63) is 53.7 Å². The molecule has 0 aliphatic carbocycles. The van der Waals surface area contributed by atoms with Gasteiger partial charge in [-0.05, 0) is 30.3 Å². The highest BCUT2D eigenvalue weighted by Gasteiger charge is 2.16. The predicted molar refractivity (Wildman–Crippen MR) is 97.2 cm³/mol. The number of aromatic nitrogens is 1. The van der Waals surface area contributed by atoms with Crippen LogP contribution in [0.2, 0.25) is 0 Å². The molecule has 1 atom stereocenters. The highest BCUT2D eigenvalue weighted by Crippen LogP contribution is 2.18. The topological polar surface area (TPSA) is 71.5 Å². The predicted octanol–water partition coefficient (Wildman–Crippen LogP) is 1.59. The molecule has 1 aliphatic heterocycles. The van der Waals surface area contributed by atoms with Crippen molar-refractivity contribution in [1.29, 1.82) is 0 Å². The van der Waals surface area contributed by atoms with Gasteiger partial charge in [0.15, 0.2) is 0 Å². The number of carbonyl (C=O) groups excluding carboxylic acids is 1. The van der Waals surface area contributed by atoms with E-state index in [9.17, 15) is 9.00 Å². The Labute approximate surface area is 149 Å². The average Bonchev–Trinajstić information content (AvgIpc) is 2.67. The van der Waals surface area contributed by atoms with Crippen LogP contribution >= 0.6 is 0 Å². The number of pyridine rings is 1. The molecule has 1 unspecified atom stereocenters. The number of ether oxygens (including phenoxy) is 1. The summed E-state index contributed by atoms with van der Waals surface area (Å²) in [6.45, 7) is 3.38. The van der Waals surface area contributed by atoms with Crippen molar-refractivity contribution in [3.63, 3.8) is 0 Å². The van der Waals surface area contributed by atoms with Gasteiger partial charge in [0.05, 0.1) is 13.2 Å². The lowest BCUT2D eigenvalue weighted by molar-refractivity contribution is 0.0950. The van der Waals surface area contributed by atoms with Gasteiger partial charge in [0, 0.05) is 58.9 Å². The lowest BCUT2D eigenvalue weighted by Gasteiger charge is -2.29. The second-order valence-electron chi connectivity index (χ2n) is 5.75. The molecule has 1 aliphatic rings. The summed E-state index contributed by atoms with van der Waals surface area (Å²) in [6.07, 6.45) is 3.38. The van der Waals surface area contributed by atoms with Crippen molar-refractivity contribution in [3.8, 4) is 0 Å². The van der Waals surface area contributed by atoms with Gasteiger partial charge in [-0.1, -0.05) is 6.07 Å². The van der Waals surface area contributed by atoms with Crippen LogP contribution in [0.15, 0.2) is 47.5 Å². The summed E-state index contributed by atoms with van der Waals surface area (Å²) in [6, 6.07) is 10.7. The number of morpholine rings is 1. The zero-order chi connectivity index (χ0) is 17.6. The van der Waals surface area contributed by atoms with E-state index in [2.05, 4.69) is 15.2 Å². The lowest BCUT2D eigenvalue weighted by Crippen LogP contribution is -2.37. The van der Waals surface area contributed by atoms with Crippen molar-refractivity contribution >= 4 is 22.5 Å². The molecule has 0 spiro atoms. The van der Waals surface area contributed by atoms with Gasteiger partial charge in [-0.25, -0.2) is 4.98 Å². The Morgan fingerprint density at radius 2 is 1.96 bits per heavy atom. The minimum absolute atomic E-state index is 0.162. The quantitative estimate of drug-likeness (QED) is 0.878. The molecule has 0 radical (unpaired) electrons. The van der Waals surface area contributed by atoms with Crippen LogP contribution in [0.4, 0.5) is 5.82 Å². The molecular formula is C18H21N3O3S. The van der Waals surface area contributed by atoms with E-state index in [0.29, 0.717) is 30.2 Å². The second-order valence-corrected chi connectivity index (χ2v) is 7.13. The fourth-order valence-corrected chi connectivity index (χ4v) is 3.22. The van der Waals surface area contributed by atoms with Crippen molar-refractivity contribution < 1.29 is 13.7 Å². The molecule has 1 amide bonds. The molecule has 3 rings (SSSR count). The second kappa shape index (κ2) is 8.22. The summed E-state index contributed by atoms with van der Waals surface area (Å²) in [4.78, 5) is 19.7. The van der Waals surface area contributed by atoms with E-state index in [4.69, 9.17) is 4.74 Å². The van der Waals surface area contributed by atoms with Gasteiger partial charge in [-0.3, -0.25) is 9.00 Å². The van der Waals surface area contributed by atoms with Gasteiger partial charge in [-0.15, -0.1) is 0 Å². The Balaban J connectivity index is 1.67. The largest absolute Gasteiger partial charge is 0.378 e. The summed E-state index contributed by atoms with van der Waals surface area (Å²) >= 11 is 0. The van der Waals surface area contributed by atoms with E-state index in [-0.39, 0.29) is 5.91 Å². The molecule has 1 saturated heterocycles. The summed E-state index contributed by atoms with van der Waals surface area (Å²) in [5, 5.41) is 2.93. The van der Waals surface area contributed by atoms with Crippen LogP contribution in [-0.2, 0) is 22.1 Å². The van der Waals surface area contributed by atoms with Gasteiger partial charge in [-0.2, -0.15) is 0 Å². The van der Waals surface area contributed by atoms with E-state index >= 15 is 0 Å². The average molecular weight is 359 g/mol. The highest BCUT2D eigenvalue weighted by atomic mass is 32.2. The molecule has 6 nitrogen and oxygen atoms in total. The van der Waals surface area contributed by atoms with E-state index < -0.39 is 10.8 Å². The van der Waals surface area contributed by atoms with E-state index in [0.717, 1.165) is 24.5 Å². The Kier molecular flexibility index (Phi) is 5.78. The maximum atomic E-state index is 12.3. The van der Waals surface area contributed by atoms with Crippen LogP contribution in [0.5, 0.6) is 0 Å². The van der Waals surface area contributed by atoms with Crippen molar-refractivity contribution in [2.45, 2.75) is 11.4 Å².